The maximum atomic E-state index is 5.99. The summed E-state index contributed by atoms with van der Waals surface area (Å²) in [5.74, 6) is 1.84. The van der Waals surface area contributed by atoms with Crippen LogP contribution in [0.25, 0.3) is 0 Å². The average molecular weight is 323 g/mol. The van der Waals surface area contributed by atoms with Crippen LogP contribution in [0, 0.1) is 5.92 Å². The fourth-order valence-electron chi connectivity index (χ4n) is 3.15. The quantitative estimate of drug-likeness (QED) is 0.594. The number of hydrogen-bond donors (Lipinski definition) is 0. The Morgan fingerprint density at radius 2 is 1.83 bits per heavy atom. The summed E-state index contributed by atoms with van der Waals surface area (Å²) in [5.41, 5.74) is 2.52. The van der Waals surface area contributed by atoms with E-state index in [2.05, 4.69) is 68.9 Å². The molecule has 0 aliphatic carbocycles. The van der Waals surface area contributed by atoms with Crippen LogP contribution in [0.4, 0.5) is 0 Å². The van der Waals surface area contributed by atoms with Crippen molar-refractivity contribution in [3.05, 3.63) is 78.4 Å². The highest BCUT2D eigenvalue weighted by atomic mass is 16.5. The molecule has 0 fully saturated rings. The zero-order valence-electron chi connectivity index (χ0n) is 15.1. The van der Waals surface area contributed by atoms with Crippen LogP contribution in [-0.2, 0) is 6.61 Å². The van der Waals surface area contributed by atoms with Gasteiger partial charge in [-0.05, 0) is 55.6 Å². The first-order chi connectivity index (χ1) is 11.6. The molecule has 0 saturated carbocycles. The molecule has 2 atom stereocenters. The fourth-order valence-corrected chi connectivity index (χ4v) is 3.15. The number of benzene rings is 2. The van der Waals surface area contributed by atoms with Crippen LogP contribution in [0.2, 0.25) is 0 Å². The van der Waals surface area contributed by atoms with Crippen LogP contribution in [0.3, 0.4) is 0 Å². The molecule has 2 nitrogen and oxygen atoms in total. The minimum Gasteiger partial charge on any atom is -0.489 e. The Labute approximate surface area is 146 Å². The molecule has 0 radical (unpaired) electrons. The lowest BCUT2D eigenvalue weighted by Crippen LogP contribution is -2.25. The van der Waals surface area contributed by atoms with Gasteiger partial charge in [-0.1, -0.05) is 55.5 Å². The van der Waals surface area contributed by atoms with E-state index in [1.807, 2.05) is 24.3 Å². The van der Waals surface area contributed by atoms with Gasteiger partial charge in [0, 0.05) is 6.54 Å². The van der Waals surface area contributed by atoms with Gasteiger partial charge >= 0.3 is 0 Å². The molecule has 0 amide bonds. The maximum Gasteiger partial charge on any atom is 0.120 e. The molecule has 24 heavy (non-hydrogen) atoms. The lowest BCUT2D eigenvalue weighted by Gasteiger charge is -2.27. The number of hydrogen-bond acceptors (Lipinski definition) is 2. The molecule has 0 spiro atoms. The summed E-state index contributed by atoms with van der Waals surface area (Å²) in [6.45, 7) is 7.91. The van der Waals surface area contributed by atoms with Crippen molar-refractivity contribution in [3.63, 3.8) is 0 Å². The average Bonchev–Trinajstić information content (AvgIpc) is 2.60. The van der Waals surface area contributed by atoms with Crippen LogP contribution in [0.1, 0.15) is 30.4 Å². The second-order valence-corrected chi connectivity index (χ2v) is 6.52. The lowest BCUT2D eigenvalue weighted by atomic mass is 9.83. The number of ether oxygens (including phenoxy) is 1. The van der Waals surface area contributed by atoms with Crippen LogP contribution < -0.4 is 4.74 Å². The second-order valence-electron chi connectivity index (χ2n) is 6.52. The van der Waals surface area contributed by atoms with Gasteiger partial charge < -0.3 is 9.64 Å². The standard InChI is InChI=1S/C22H29NO/c1-5-19(16-23(3)4)22(6-2)20-13-10-14-21(15-20)24-17-18-11-8-7-9-12-18/h5,7-15,19,22H,1,6,16-17H2,2-4H3/t19-,22+/m0/s1. The third kappa shape index (κ3) is 5.24. The van der Waals surface area contributed by atoms with Crippen molar-refractivity contribution in [2.75, 3.05) is 20.6 Å². The van der Waals surface area contributed by atoms with Gasteiger partial charge in [0.05, 0.1) is 0 Å². The summed E-state index contributed by atoms with van der Waals surface area (Å²) >= 11 is 0. The molecule has 0 aliphatic rings. The molecule has 2 aromatic rings. The van der Waals surface area contributed by atoms with Gasteiger partial charge in [0.2, 0.25) is 0 Å². The van der Waals surface area contributed by atoms with Crippen LogP contribution in [-0.4, -0.2) is 25.5 Å². The molecular weight excluding hydrogens is 294 g/mol. The highest BCUT2D eigenvalue weighted by molar-refractivity contribution is 5.32. The molecular formula is C22H29NO. The molecule has 0 N–H and O–H groups in total. The minimum atomic E-state index is 0.439. The topological polar surface area (TPSA) is 12.5 Å². The molecule has 0 bridgehead atoms. The smallest absolute Gasteiger partial charge is 0.120 e. The van der Waals surface area contributed by atoms with E-state index in [0.29, 0.717) is 18.4 Å². The molecule has 2 aromatic carbocycles. The number of nitrogens with zero attached hydrogens (tertiary/aromatic N) is 1. The van der Waals surface area contributed by atoms with Crippen molar-refractivity contribution in [1.82, 2.24) is 4.90 Å². The van der Waals surface area contributed by atoms with Gasteiger partial charge in [-0.2, -0.15) is 0 Å². The second kappa shape index (κ2) is 9.29. The highest BCUT2D eigenvalue weighted by Gasteiger charge is 2.20. The Morgan fingerprint density at radius 1 is 1.08 bits per heavy atom. The predicted octanol–water partition coefficient (Wildman–Crippen LogP) is 5.12. The van der Waals surface area contributed by atoms with E-state index < -0.39 is 0 Å². The first-order valence-electron chi connectivity index (χ1n) is 8.68. The maximum absolute atomic E-state index is 5.99. The Kier molecular flexibility index (Phi) is 7.07. The van der Waals surface area contributed by atoms with Crippen molar-refractivity contribution < 1.29 is 4.74 Å². The zero-order chi connectivity index (χ0) is 17.4. The molecule has 0 heterocycles. The molecule has 2 heteroatoms. The third-order valence-corrected chi connectivity index (χ3v) is 4.37. The first kappa shape index (κ1) is 18.3. The van der Waals surface area contributed by atoms with Crippen molar-refractivity contribution in [2.45, 2.75) is 25.9 Å². The van der Waals surface area contributed by atoms with Crippen LogP contribution in [0.5, 0.6) is 5.75 Å². The summed E-state index contributed by atoms with van der Waals surface area (Å²) in [4.78, 5) is 2.23. The lowest BCUT2D eigenvalue weighted by molar-refractivity contribution is 0.303. The van der Waals surface area contributed by atoms with Crippen molar-refractivity contribution in [2.24, 2.45) is 5.92 Å². The fraction of sp³-hybridized carbons (Fsp3) is 0.364. The zero-order valence-corrected chi connectivity index (χ0v) is 15.1. The van der Waals surface area contributed by atoms with E-state index in [1.54, 1.807) is 0 Å². The predicted molar refractivity (Wildman–Crippen MR) is 102 cm³/mol. The van der Waals surface area contributed by atoms with Crippen molar-refractivity contribution in [3.8, 4) is 5.75 Å². The van der Waals surface area contributed by atoms with Gasteiger partial charge in [0.15, 0.2) is 0 Å². The van der Waals surface area contributed by atoms with E-state index in [-0.39, 0.29) is 0 Å². The Morgan fingerprint density at radius 3 is 2.46 bits per heavy atom. The van der Waals surface area contributed by atoms with Crippen molar-refractivity contribution >= 4 is 0 Å². The van der Waals surface area contributed by atoms with E-state index in [9.17, 15) is 0 Å². The van der Waals surface area contributed by atoms with Gasteiger partial charge in [0.25, 0.3) is 0 Å². The van der Waals surface area contributed by atoms with Gasteiger partial charge in [-0.15, -0.1) is 6.58 Å². The molecule has 2 rings (SSSR count). The van der Waals surface area contributed by atoms with E-state index in [4.69, 9.17) is 4.74 Å². The third-order valence-electron chi connectivity index (χ3n) is 4.37. The molecule has 0 aliphatic heterocycles. The Bertz CT molecular complexity index is 621. The summed E-state index contributed by atoms with van der Waals surface area (Å²) in [6.07, 6.45) is 3.18. The van der Waals surface area contributed by atoms with Crippen LogP contribution in [0.15, 0.2) is 67.3 Å². The molecule has 0 unspecified atom stereocenters. The minimum absolute atomic E-state index is 0.439. The number of rotatable bonds is 9. The Balaban J connectivity index is 2.10. The largest absolute Gasteiger partial charge is 0.489 e. The van der Waals surface area contributed by atoms with Gasteiger partial charge in [0.1, 0.15) is 12.4 Å². The Hall–Kier alpha value is -2.06. The van der Waals surface area contributed by atoms with Gasteiger partial charge in [-0.3, -0.25) is 0 Å². The molecule has 0 saturated heterocycles. The van der Waals surface area contributed by atoms with Crippen molar-refractivity contribution in [1.29, 1.82) is 0 Å². The van der Waals surface area contributed by atoms with E-state index in [0.717, 1.165) is 18.7 Å². The summed E-state index contributed by atoms with van der Waals surface area (Å²) < 4.78 is 5.99. The monoisotopic (exact) mass is 323 g/mol. The summed E-state index contributed by atoms with van der Waals surface area (Å²) in [6, 6.07) is 18.8. The van der Waals surface area contributed by atoms with Crippen LogP contribution >= 0.6 is 0 Å². The first-order valence-corrected chi connectivity index (χ1v) is 8.68. The van der Waals surface area contributed by atoms with E-state index >= 15 is 0 Å². The highest BCUT2D eigenvalue weighted by Crippen LogP contribution is 2.31. The molecule has 128 valence electrons. The van der Waals surface area contributed by atoms with Gasteiger partial charge in [-0.25, -0.2) is 0 Å². The summed E-state index contributed by atoms with van der Waals surface area (Å²) in [5, 5.41) is 0. The van der Waals surface area contributed by atoms with E-state index in [1.165, 1.54) is 11.1 Å². The normalized spacial score (nSPS) is 13.5. The SMILES string of the molecule is C=C[C@@H](CN(C)C)[C@@H](CC)c1cccc(OCc2ccccc2)c1. The summed E-state index contributed by atoms with van der Waals surface area (Å²) in [7, 11) is 4.23. The molecule has 0 aromatic heterocycles.